The van der Waals surface area contributed by atoms with Gasteiger partial charge in [-0.05, 0) is 6.07 Å². The van der Waals surface area contributed by atoms with Crippen molar-refractivity contribution in [2.75, 3.05) is 0 Å². The van der Waals surface area contributed by atoms with Crippen LogP contribution in [0.5, 0.6) is 0 Å². The molecule has 0 aliphatic heterocycles. The number of aliphatic carboxylic acids is 1. The molecule has 0 spiro atoms. The van der Waals surface area contributed by atoms with E-state index in [0.29, 0.717) is 0 Å². The Morgan fingerprint density at radius 1 is 1.38 bits per heavy atom. The molecule has 0 saturated heterocycles. The highest BCUT2D eigenvalue weighted by molar-refractivity contribution is 5.74. The van der Waals surface area contributed by atoms with E-state index in [0.717, 1.165) is 18.2 Å². The van der Waals surface area contributed by atoms with Crippen LogP contribution >= 0.6 is 0 Å². The number of rotatable bonds is 2. The molecule has 0 aliphatic carbocycles. The minimum Gasteiger partial charge on any atom is -0.479 e. The van der Waals surface area contributed by atoms with Gasteiger partial charge in [0.15, 0.2) is 17.7 Å². The molecule has 0 saturated carbocycles. The van der Waals surface area contributed by atoms with Crippen molar-refractivity contribution in [2.24, 2.45) is 0 Å². The zero-order valence-electron chi connectivity index (χ0n) is 6.37. The number of carbonyl (C=O) groups is 1. The lowest BCUT2D eigenvalue weighted by Crippen LogP contribution is -2.12. The predicted octanol–water partition coefficient (Wildman–Crippen LogP) is 1.08. The first-order valence-electron chi connectivity index (χ1n) is 3.39. The molecule has 0 aromatic heterocycles. The van der Waals surface area contributed by atoms with Crippen molar-refractivity contribution in [3.05, 3.63) is 35.4 Å². The summed E-state index contributed by atoms with van der Waals surface area (Å²) >= 11 is 0. The Hall–Kier alpha value is -1.49. The molecule has 3 nitrogen and oxygen atoms in total. The minimum absolute atomic E-state index is 0.576. The number of hydrogen-bond acceptors (Lipinski definition) is 2. The highest BCUT2D eigenvalue weighted by Crippen LogP contribution is 2.18. The normalized spacial score (nSPS) is 12.5. The highest BCUT2D eigenvalue weighted by Gasteiger charge is 2.21. The molecule has 0 fully saturated rings. The largest absolute Gasteiger partial charge is 0.479 e. The van der Waals surface area contributed by atoms with E-state index in [9.17, 15) is 13.6 Å². The molecule has 1 aromatic rings. The number of carboxylic acids is 1. The molecule has 0 bridgehead atoms. The first kappa shape index (κ1) is 9.60. The van der Waals surface area contributed by atoms with E-state index in [1.807, 2.05) is 0 Å². The molecule has 0 unspecified atom stereocenters. The number of hydrogen-bond donors (Lipinski definition) is 2. The molecule has 0 heterocycles. The molecule has 2 N–H and O–H groups in total. The Morgan fingerprint density at radius 3 is 2.54 bits per heavy atom. The number of halogens is 2. The van der Waals surface area contributed by atoms with Crippen molar-refractivity contribution < 1.29 is 23.8 Å². The van der Waals surface area contributed by atoms with Crippen LogP contribution in [0.4, 0.5) is 8.78 Å². The van der Waals surface area contributed by atoms with Crippen LogP contribution in [0.15, 0.2) is 18.2 Å². The lowest BCUT2D eigenvalue weighted by atomic mass is 10.1. The molecule has 1 atom stereocenters. The second kappa shape index (κ2) is 3.49. The second-order valence-electron chi connectivity index (χ2n) is 2.38. The Morgan fingerprint density at radius 2 is 2.00 bits per heavy atom. The summed E-state index contributed by atoms with van der Waals surface area (Å²) in [6, 6.07) is 2.98. The molecule has 5 heteroatoms. The number of carboxylic acid groups (broad SMARTS) is 1. The maximum absolute atomic E-state index is 12.8. The topological polar surface area (TPSA) is 57.5 Å². The van der Waals surface area contributed by atoms with Crippen LogP contribution in [0.1, 0.15) is 11.7 Å². The van der Waals surface area contributed by atoms with Gasteiger partial charge in [-0.2, -0.15) is 0 Å². The van der Waals surface area contributed by atoms with Crippen LogP contribution in [-0.2, 0) is 4.79 Å². The Labute approximate surface area is 72.2 Å². The van der Waals surface area contributed by atoms with Gasteiger partial charge in [0.25, 0.3) is 0 Å². The summed E-state index contributed by atoms with van der Waals surface area (Å²) < 4.78 is 25.3. The minimum atomic E-state index is -2.03. The highest BCUT2D eigenvalue weighted by atomic mass is 19.2. The zero-order valence-corrected chi connectivity index (χ0v) is 6.37. The Kier molecular flexibility index (Phi) is 2.57. The Balaban J connectivity index is 3.15. The monoisotopic (exact) mass is 188 g/mol. The molecule has 70 valence electrons. The predicted molar refractivity (Wildman–Crippen MR) is 39.0 cm³/mol. The summed E-state index contributed by atoms with van der Waals surface area (Å²) in [7, 11) is 0. The quantitative estimate of drug-likeness (QED) is 0.730. The molecular formula is C8H6F2O3. The van der Waals surface area contributed by atoms with Crippen molar-refractivity contribution in [3.8, 4) is 0 Å². The van der Waals surface area contributed by atoms with Gasteiger partial charge in [-0.15, -0.1) is 0 Å². The lowest BCUT2D eigenvalue weighted by molar-refractivity contribution is -0.147. The van der Waals surface area contributed by atoms with E-state index in [2.05, 4.69) is 0 Å². The maximum atomic E-state index is 12.8. The fraction of sp³-hybridized carbons (Fsp3) is 0.125. The fourth-order valence-electron chi connectivity index (χ4n) is 0.865. The van der Waals surface area contributed by atoms with Crippen molar-refractivity contribution in [1.29, 1.82) is 0 Å². The zero-order chi connectivity index (χ0) is 10.0. The number of aliphatic hydroxyl groups excluding tert-OH is 1. The average molecular weight is 188 g/mol. The van der Waals surface area contributed by atoms with Gasteiger partial charge in [0.05, 0.1) is 0 Å². The van der Waals surface area contributed by atoms with E-state index >= 15 is 0 Å². The Bertz CT molecular complexity index is 338. The second-order valence-corrected chi connectivity index (χ2v) is 2.38. The van der Waals surface area contributed by atoms with Gasteiger partial charge >= 0.3 is 5.97 Å². The maximum Gasteiger partial charge on any atom is 0.337 e. The van der Waals surface area contributed by atoms with Gasteiger partial charge in [-0.25, -0.2) is 13.6 Å². The third kappa shape index (κ3) is 1.81. The van der Waals surface area contributed by atoms with Crippen LogP contribution in [0.3, 0.4) is 0 Å². The average Bonchev–Trinajstić information content (AvgIpc) is 2.08. The van der Waals surface area contributed by atoms with Crippen molar-refractivity contribution in [3.63, 3.8) is 0 Å². The van der Waals surface area contributed by atoms with Crippen LogP contribution in [0.25, 0.3) is 0 Å². The summed E-state index contributed by atoms with van der Waals surface area (Å²) in [6.07, 6.45) is -2.03. The van der Waals surface area contributed by atoms with Crippen LogP contribution in [0, 0.1) is 11.6 Å². The first-order valence-corrected chi connectivity index (χ1v) is 3.39. The van der Waals surface area contributed by atoms with Gasteiger partial charge in [-0.3, -0.25) is 0 Å². The summed E-state index contributed by atoms with van der Waals surface area (Å²) in [6.45, 7) is 0. The summed E-state index contributed by atoms with van der Waals surface area (Å²) in [4.78, 5) is 10.2. The molecule has 0 amide bonds. The van der Waals surface area contributed by atoms with E-state index in [-0.39, 0.29) is 0 Å². The fourth-order valence-corrected chi connectivity index (χ4v) is 0.865. The van der Waals surface area contributed by atoms with E-state index < -0.39 is 29.3 Å². The van der Waals surface area contributed by atoms with Crippen LogP contribution < -0.4 is 0 Å². The summed E-state index contributed by atoms with van der Waals surface area (Å²) in [5.41, 5.74) is -0.576. The third-order valence-corrected chi connectivity index (χ3v) is 1.51. The number of aliphatic hydroxyl groups is 1. The number of benzene rings is 1. The standard InChI is InChI=1S/C8H6F2O3/c9-5-3-1-2-4(6(5)10)7(11)8(12)13/h1-3,7,11H,(H,12,13)/t7-/m1/s1. The first-order chi connectivity index (χ1) is 6.04. The molecule has 1 aromatic carbocycles. The lowest BCUT2D eigenvalue weighted by Gasteiger charge is -2.06. The van der Waals surface area contributed by atoms with E-state index in [4.69, 9.17) is 10.2 Å². The molecule has 0 radical (unpaired) electrons. The third-order valence-electron chi connectivity index (χ3n) is 1.51. The molecule has 1 rings (SSSR count). The van der Waals surface area contributed by atoms with Gasteiger partial charge in [-0.1, -0.05) is 12.1 Å². The molecule has 13 heavy (non-hydrogen) atoms. The SMILES string of the molecule is O=C(O)[C@H](O)c1cccc(F)c1F. The molecule has 0 aliphatic rings. The van der Waals surface area contributed by atoms with E-state index in [1.54, 1.807) is 0 Å². The smallest absolute Gasteiger partial charge is 0.337 e. The van der Waals surface area contributed by atoms with Crippen molar-refractivity contribution >= 4 is 5.97 Å². The van der Waals surface area contributed by atoms with Crippen LogP contribution in [-0.4, -0.2) is 16.2 Å². The summed E-state index contributed by atoms with van der Waals surface area (Å²) in [5, 5.41) is 17.2. The van der Waals surface area contributed by atoms with Gasteiger partial charge in [0.1, 0.15) is 0 Å². The van der Waals surface area contributed by atoms with Crippen LogP contribution in [0.2, 0.25) is 0 Å². The van der Waals surface area contributed by atoms with E-state index in [1.165, 1.54) is 0 Å². The van der Waals surface area contributed by atoms with Gasteiger partial charge in [0.2, 0.25) is 0 Å². The molecular weight excluding hydrogens is 182 g/mol. The van der Waals surface area contributed by atoms with Gasteiger partial charge < -0.3 is 10.2 Å². The van der Waals surface area contributed by atoms with Crippen molar-refractivity contribution in [2.45, 2.75) is 6.10 Å². The van der Waals surface area contributed by atoms with Gasteiger partial charge in [0, 0.05) is 5.56 Å². The van der Waals surface area contributed by atoms with Crippen molar-refractivity contribution in [1.82, 2.24) is 0 Å². The summed E-state index contributed by atoms with van der Waals surface area (Å²) in [5.74, 6) is -4.14.